The molecule has 0 radical (unpaired) electrons. The number of rotatable bonds is 6. The van der Waals surface area contributed by atoms with Crippen LogP contribution in [0.3, 0.4) is 0 Å². The number of ketones is 1. The third-order valence-electron chi connectivity index (χ3n) is 13.0. The molecule has 0 saturated carbocycles. The number of hydrogen-bond acceptors (Lipinski definition) is 10. The van der Waals surface area contributed by atoms with E-state index in [9.17, 15) is 14.8 Å². The van der Waals surface area contributed by atoms with E-state index in [1.54, 1.807) is 71.2 Å². The summed E-state index contributed by atoms with van der Waals surface area (Å²) in [5.41, 5.74) is 11.3. The number of thiophene rings is 3. The van der Waals surface area contributed by atoms with Gasteiger partial charge in [-0.25, -0.2) is 0 Å². The molecule has 3 aliphatic rings. The average molecular weight is 1050 g/mol. The molecule has 8 nitrogen and oxygen atoms in total. The number of benzene rings is 3. The second-order valence-electron chi connectivity index (χ2n) is 17.3. The maximum Gasteiger partial charge on any atom is 0.261 e. The van der Waals surface area contributed by atoms with Gasteiger partial charge in [-0.05, 0) is 167 Å². The van der Waals surface area contributed by atoms with Gasteiger partial charge in [-0.3, -0.25) is 24.5 Å². The lowest BCUT2D eigenvalue weighted by molar-refractivity contribution is 0.0956. The summed E-state index contributed by atoms with van der Waals surface area (Å²) in [5.74, 6) is 1.05. The molecule has 2 N–H and O–H groups in total. The van der Waals surface area contributed by atoms with E-state index in [0.717, 1.165) is 98.7 Å². The minimum atomic E-state index is 0.0202. The zero-order valence-corrected chi connectivity index (χ0v) is 42.7. The molecule has 14 heteroatoms. The Morgan fingerprint density at radius 3 is 1.28 bits per heavy atom. The van der Waals surface area contributed by atoms with Crippen molar-refractivity contribution in [3.8, 4) is 31.3 Å². The Bertz CT molecular complexity index is 3330. The summed E-state index contributed by atoms with van der Waals surface area (Å²) in [6.45, 7) is 0.679. The zero-order valence-electron chi connectivity index (χ0n) is 38.0. The van der Waals surface area contributed by atoms with Gasteiger partial charge in [-0.2, -0.15) is 0 Å². The number of fused-ring (bicyclic) bond motifs is 3. The number of aromatic nitrogens is 3. The first-order chi connectivity index (χ1) is 34.7. The van der Waals surface area contributed by atoms with Crippen LogP contribution in [0.15, 0.2) is 170 Å². The van der Waals surface area contributed by atoms with E-state index >= 15 is 0 Å². The number of carbonyl (C=O) groups is 2. The molecule has 3 atom stereocenters. The minimum absolute atomic E-state index is 0.0202. The van der Waals surface area contributed by atoms with Crippen molar-refractivity contribution in [3.05, 3.63) is 228 Å². The maximum atomic E-state index is 12.4. The SMILES string of the molecule is O=C1CCC(c2ccc(Cl)cc2)c2cc(-c3ccncc3)sc21.O=C1NCCC(c2ccc(Cl)cc2)c2cc(-c3ccncc3)sc21.ON=C1CCC(c2ccc(Cl)cc2)c2cc(-c3ccncc3)sc21. The molecule has 12 rings (SSSR count). The van der Waals surface area contributed by atoms with Gasteiger partial charge in [0, 0.05) is 97.6 Å². The van der Waals surface area contributed by atoms with Crippen molar-refractivity contribution >= 4 is 86.2 Å². The Morgan fingerprint density at radius 1 is 0.479 bits per heavy atom. The Hall–Kier alpha value is -6.31. The fourth-order valence-electron chi connectivity index (χ4n) is 9.47. The summed E-state index contributed by atoms with van der Waals surface area (Å²) in [6, 6.07) is 42.4. The molecule has 1 amide bonds. The number of amides is 1. The molecule has 0 fully saturated rings. The van der Waals surface area contributed by atoms with Crippen LogP contribution in [0.1, 0.15) is 107 Å². The predicted molar refractivity (Wildman–Crippen MR) is 291 cm³/mol. The molecule has 2 aliphatic carbocycles. The highest BCUT2D eigenvalue weighted by Crippen LogP contribution is 2.46. The van der Waals surface area contributed by atoms with Crippen LogP contribution in [0.25, 0.3) is 31.3 Å². The van der Waals surface area contributed by atoms with Crippen LogP contribution in [0.2, 0.25) is 15.1 Å². The number of hydrogen-bond donors (Lipinski definition) is 2. The van der Waals surface area contributed by atoms with Gasteiger partial charge in [0.1, 0.15) is 0 Å². The van der Waals surface area contributed by atoms with Crippen molar-refractivity contribution < 1.29 is 14.8 Å². The van der Waals surface area contributed by atoms with Crippen LogP contribution in [0.4, 0.5) is 0 Å². The smallest absolute Gasteiger partial charge is 0.261 e. The molecule has 0 spiro atoms. The fraction of sp³-hybridized carbons (Fsp3) is 0.158. The van der Waals surface area contributed by atoms with E-state index in [0.29, 0.717) is 18.9 Å². The lowest BCUT2D eigenvalue weighted by Crippen LogP contribution is -2.21. The highest BCUT2D eigenvalue weighted by molar-refractivity contribution is 7.18. The average Bonchev–Trinajstić information content (AvgIpc) is 4.17. The first-order valence-corrected chi connectivity index (χ1v) is 26.7. The van der Waals surface area contributed by atoms with Gasteiger partial charge in [0.15, 0.2) is 5.78 Å². The number of Topliss-reactive ketones (excluding diaryl/α,β-unsaturated/α-hetero) is 1. The zero-order chi connectivity index (χ0) is 48.8. The lowest BCUT2D eigenvalue weighted by atomic mass is 9.81. The van der Waals surface area contributed by atoms with Gasteiger partial charge < -0.3 is 10.5 Å². The van der Waals surface area contributed by atoms with Gasteiger partial charge >= 0.3 is 0 Å². The van der Waals surface area contributed by atoms with E-state index in [1.807, 2.05) is 72.8 Å². The lowest BCUT2D eigenvalue weighted by Gasteiger charge is -2.23. The van der Waals surface area contributed by atoms with Crippen LogP contribution in [0.5, 0.6) is 0 Å². The molecule has 71 heavy (non-hydrogen) atoms. The number of pyridine rings is 3. The Labute approximate surface area is 438 Å². The molecule has 7 heterocycles. The summed E-state index contributed by atoms with van der Waals surface area (Å²) < 4.78 is 0. The monoisotopic (exact) mass is 1050 g/mol. The highest BCUT2D eigenvalue weighted by atomic mass is 35.5. The number of oxime groups is 1. The molecule has 3 aromatic carbocycles. The van der Waals surface area contributed by atoms with Crippen LogP contribution in [0, 0.1) is 0 Å². The molecule has 9 aromatic rings. The third kappa shape index (κ3) is 10.8. The topological polar surface area (TPSA) is 117 Å². The van der Waals surface area contributed by atoms with E-state index in [-0.39, 0.29) is 23.5 Å². The standard InChI is InChI=1S/2C19H15ClN2OS.C19H14ClNOS/c20-14-3-1-12(2-4-14)15-7-10-22-19(23)18-16(15)11-17(24-18)13-5-8-21-9-6-13;20-14-3-1-12(2-4-14)15-5-6-17(22-23)19-16(15)11-18(24-19)13-7-9-21-10-8-13;20-14-3-1-12(2-4-14)15-5-6-17(22)19-16(15)11-18(23-19)13-7-9-21-10-8-13/h1-6,8-9,11,15H,7,10H2,(H,22,23);1-4,7-11,15,23H,5-6H2;1-4,7-11,15H,5-6H2. The van der Waals surface area contributed by atoms with Crippen LogP contribution in [-0.4, -0.2) is 44.1 Å². The first kappa shape index (κ1) is 48.3. The second kappa shape index (κ2) is 22.0. The number of halogens is 3. The van der Waals surface area contributed by atoms with Gasteiger partial charge in [0.2, 0.25) is 0 Å². The molecule has 6 aromatic heterocycles. The van der Waals surface area contributed by atoms with Gasteiger partial charge in [0.25, 0.3) is 5.91 Å². The molecular weight excluding hydrogens is 1010 g/mol. The Kier molecular flexibility index (Phi) is 15.0. The molecule has 0 bridgehead atoms. The fourth-order valence-corrected chi connectivity index (χ4v) is 13.4. The quantitative estimate of drug-likeness (QED) is 0.127. The van der Waals surface area contributed by atoms with Crippen LogP contribution >= 0.6 is 68.8 Å². The number of nitrogens with zero attached hydrogens (tertiary/aromatic N) is 4. The van der Waals surface area contributed by atoms with Crippen molar-refractivity contribution in [2.24, 2.45) is 5.16 Å². The molecule has 354 valence electrons. The number of carbonyl (C=O) groups excluding carboxylic acids is 2. The highest BCUT2D eigenvalue weighted by Gasteiger charge is 2.31. The van der Waals surface area contributed by atoms with Gasteiger partial charge in [-0.1, -0.05) is 76.4 Å². The summed E-state index contributed by atoms with van der Waals surface area (Å²) >= 11 is 22.9. The molecule has 3 unspecified atom stereocenters. The van der Waals surface area contributed by atoms with E-state index in [1.165, 1.54) is 27.1 Å². The molecular formula is C57H44Cl3N5O3S3. The van der Waals surface area contributed by atoms with Crippen LogP contribution < -0.4 is 5.32 Å². The second-order valence-corrected chi connectivity index (χ2v) is 21.8. The van der Waals surface area contributed by atoms with Crippen molar-refractivity contribution in [1.29, 1.82) is 0 Å². The maximum absolute atomic E-state index is 12.4. The van der Waals surface area contributed by atoms with Crippen molar-refractivity contribution in [2.45, 2.75) is 49.9 Å². The Morgan fingerprint density at radius 2 is 0.845 bits per heavy atom. The van der Waals surface area contributed by atoms with E-state index in [4.69, 9.17) is 34.8 Å². The number of nitrogens with one attached hydrogen (secondary N) is 1. The molecule has 0 saturated heterocycles. The summed E-state index contributed by atoms with van der Waals surface area (Å²) in [4.78, 5) is 43.2. The third-order valence-corrected chi connectivity index (χ3v) is 17.5. The predicted octanol–water partition coefficient (Wildman–Crippen LogP) is 15.9. The van der Waals surface area contributed by atoms with Crippen molar-refractivity contribution in [2.75, 3.05) is 6.54 Å². The minimum Gasteiger partial charge on any atom is -0.411 e. The van der Waals surface area contributed by atoms with Gasteiger partial charge in [0.05, 0.1) is 20.3 Å². The first-order valence-electron chi connectivity index (χ1n) is 23.1. The summed E-state index contributed by atoms with van der Waals surface area (Å²) in [5, 5.41) is 18.1. The van der Waals surface area contributed by atoms with E-state index < -0.39 is 0 Å². The van der Waals surface area contributed by atoms with Crippen molar-refractivity contribution in [1.82, 2.24) is 20.3 Å². The molecule has 1 aliphatic heterocycles. The van der Waals surface area contributed by atoms with Gasteiger partial charge in [-0.15, -0.1) is 34.0 Å². The summed E-state index contributed by atoms with van der Waals surface area (Å²) in [7, 11) is 0. The largest absolute Gasteiger partial charge is 0.411 e. The summed E-state index contributed by atoms with van der Waals surface area (Å²) in [6.07, 6.45) is 14.8. The van der Waals surface area contributed by atoms with Crippen molar-refractivity contribution in [3.63, 3.8) is 0 Å². The normalized spacial score (nSPS) is 17.6. The van der Waals surface area contributed by atoms with E-state index in [2.05, 4.69) is 80.0 Å². The Balaban J connectivity index is 0.000000123. The van der Waals surface area contributed by atoms with Crippen LogP contribution in [-0.2, 0) is 0 Å².